The largest absolute Gasteiger partial charge is 0.479 e. The molecule has 2 saturated carbocycles. The van der Waals surface area contributed by atoms with Crippen molar-refractivity contribution in [2.24, 2.45) is 17.8 Å². The highest BCUT2D eigenvalue weighted by Crippen LogP contribution is 2.49. The number of aliphatic hydroxyl groups excluding tert-OH is 1. The van der Waals surface area contributed by atoms with E-state index in [9.17, 15) is 9.59 Å². The molecule has 0 aliphatic heterocycles. The Hall–Kier alpha value is -1.10. The fourth-order valence-electron chi connectivity index (χ4n) is 3.41. The summed E-state index contributed by atoms with van der Waals surface area (Å²) in [6.45, 7) is 0.229. The van der Waals surface area contributed by atoms with Gasteiger partial charge >= 0.3 is 5.97 Å². The lowest BCUT2D eigenvalue weighted by Gasteiger charge is -2.20. The molecule has 4 atom stereocenters. The first-order valence-corrected chi connectivity index (χ1v) is 6.74. The van der Waals surface area contributed by atoms with E-state index in [4.69, 9.17) is 10.2 Å². The van der Waals surface area contributed by atoms with Crippen LogP contribution in [0.5, 0.6) is 0 Å². The molecule has 2 aliphatic carbocycles. The Balaban J connectivity index is 1.62. The van der Waals surface area contributed by atoms with Crippen LogP contribution in [-0.2, 0) is 9.59 Å². The van der Waals surface area contributed by atoms with Gasteiger partial charge in [0.15, 0.2) is 6.10 Å². The summed E-state index contributed by atoms with van der Waals surface area (Å²) in [5.74, 6) is 0.836. The zero-order valence-electron chi connectivity index (χ0n) is 10.5. The zero-order chi connectivity index (χ0) is 13.1. The van der Waals surface area contributed by atoms with Gasteiger partial charge in [-0.3, -0.25) is 4.79 Å². The summed E-state index contributed by atoms with van der Waals surface area (Å²) in [5.41, 5.74) is 0. The fourth-order valence-corrected chi connectivity index (χ4v) is 3.41. The van der Waals surface area contributed by atoms with Gasteiger partial charge < -0.3 is 15.5 Å². The highest BCUT2D eigenvalue weighted by Gasteiger charge is 2.39. The molecule has 0 spiro atoms. The maximum atomic E-state index is 11.7. The maximum Gasteiger partial charge on any atom is 0.332 e. The molecule has 0 heterocycles. The number of aliphatic carboxylic acids is 1. The molecule has 18 heavy (non-hydrogen) atoms. The van der Waals surface area contributed by atoms with Crippen molar-refractivity contribution in [3.63, 3.8) is 0 Å². The van der Waals surface area contributed by atoms with Crippen molar-refractivity contribution in [3.05, 3.63) is 0 Å². The van der Waals surface area contributed by atoms with E-state index in [-0.39, 0.29) is 18.9 Å². The fraction of sp³-hybridized carbons (Fsp3) is 0.846. The van der Waals surface area contributed by atoms with E-state index in [1.165, 1.54) is 25.7 Å². The van der Waals surface area contributed by atoms with Gasteiger partial charge in [-0.25, -0.2) is 4.79 Å². The third-order valence-electron chi connectivity index (χ3n) is 4.36. The molecule has 2 bridgehead atoms. The van der Waals surface area contributed by atoms with Gasteiger partial charge in [0.1, 0.15) is 0 Å². The molecule has 0 aromatic carbocycles. The van der Waals surface area contributed by atoms with Crippen LogP contribution < -0.4 is 5.32 Å². The van der Waals surface area contributed by atoms with Crippen molar-refractivity contribution >= 4 is 11.9 Å². The van der Waals surface area contributed by atoms with Crippen LogP contribution >= 0.6 is 0 Å². The molecule has 4 unspecified atom stereocenters. The van der Waals surface area contributed by atoms with E-state index in [1.807, 2.05) is 0 Å². The molecular formula is C13H21NO4. The molecule has 102 valence electrons. The number of fused-ring (bicyclic) bond motifs is 2. The summed E-state index contributed by atoms with van der Waals surface area (Å²) in [4.78, 5) is 22.1. The first-order valence-electron chi connectivity index (χ1n) is 6.74. The van der Waals surface area contributed by atoms with Gasteiger partial charge in [-0.2, -0.15) is 0 Å². The number of carboxylic acids is 1. The number of amides is 1. The molecule has 1 amide bonds. The number of carbonyl (C=O) groups is 2. The Labute approximate surface area is 107 Å². The van der Waals surface area contributed by atoms with Crippen LogP contribution in [0.2, 0.25) is 0 Å². The number of hydrogen-bond acceptors (Lipinski definition) is 3. The van der Waals surface area contributed by atoms with Crippen LogP contribution in [0.3, 0.4) is 0 Å². The summed E-state index contributed by atoms with van der Waals surface area (Å²) in [6.07, 6.45) is 4.30. The summed E-state index contributed by atoms with van der Waals surface area (Å²) in [7, 11) is 0. The van der Waals surface area contributed by atoms with Crippen LogP contribution in [0.4, 0.5) is 0 Å². The van der Waals surface area contributed by atoms with Crippen molar-refractivity contribution < 1.29 is 19.8 Å². The first kappa shape index (κ1) is 13.3. The smallest absolute Gasteiger partial charge is 0.332 e. The second kappa shape index (κ2) is 5.69. The van der Waals surface area contributed by atoms with Crippen molar-refractivity contribution in [2.45, 2.75) is 44.6 Å². The van der Waals surface area contributed by atoms with Gasteiger partial charge in [-0.15, -0.1) is 0 Å². The van der Waals surface area contributed by atoms with Gasteiger partial charge in [0, 0.05) is 19.4 Å². The lowest BCUT2D eigenvalue weighted by Crippen LogP contribution is -2.31. The minimum atomic E-state index is -1.38. The van der Waals surface area contributed by atoms with E-state index in [0.717, 1.165) is 11.8 Å². The predicted molar refractivity (Wildman–Crippen MR) is 64.8 cm³/mol. The normalized spacial score (nSPS) is 31.3. The van der Waals surface area contributed by atoms with Crippen LogP contribution in [-0.4, -0.2) is 34.7 Å². The number of aliphatic hydroxyl groups is 1. The Morgan fingerprint density at radius 1 is 1.28 bits per heavy atom. The molecular weight excluding hydrogens is 234 g/mol. The van der Waals surface area contributed by atoms with Crippen molar-refractivity contribution in [1.82, 2.24) is 5.32 Å². The third kappa shape index (κ3) is 3.22. The topological polar surface area (TPSA) is 86.6 Å². The summed E-state index contributed by atoms with van der Waals surface area (Å²) < 4.78 is 0. The maximum absolute atomic E-state index is 11.7. The van der Waals surface area contributed by atoms with Gasteiger partial charge in [0.05, 0.1) is 0 Å². The molecule has 2 rings (SSSR count). The van der Waals surface area contributed by atoms with E-state index >= 15 is 0 Å². The Morgan fingerprint density at radius 2 is 2.06 bits per heavy atom. The standard InChI is InChI=1S/C13H21NO4/c15-11(13(17)18)3-4-14-12(16)7-10-6-8-1-2-9(10)5-8/h8-11,15H,1-7H2,(H,14,16)(H,17,18). The summed E-state index contributed by atoms with van der Waals surface area (Å²) in [5, 5.41) is 20.2. The molecule has 2 aliphatic rings. The molecule has 0 aromatic heterocycles. The zero-order valence-corrected chi connectivity index (χ0v) is 10.5. The lowest BCUT2D eigenvalue weighted by atomic mass is 9.86. The second-order valence-corrected chi connectivity index (χ2v) is 5.63. The van der Waals surface area contributed by atoms with Crippen LogP contribution in [0.15, 0.2) is 0 Å². The first-order chi connectivity index (χ1) is 8.56. The summed E-state index contributed by atoms with van der Waals surface area (Å²) >= 11 is 0. The molecule has 2 fully saturated rings. The number of hydrogen-bond donors (Lipinski definition) is 3. The van der Waals surface area contributed by atoms with Crippen molar-refractivity contribution in [3.8, 4) is 0 Å². The van der Waals surface area contributed by atoms with E-state index < -0.39 is 12.1 Å². The quantitative estimate of drug-likeness (QED) is 0.654. The molecule has 0 saturated heterocycles. The Kier molecular flexibility index (Phi) is 4.22. The van der Waals surface area contributed by atoms with Crippen molar-refractivity contribution in [2.75, 3.05) is 6.54 Å². The minimum absolute atomic E-state index is 0.00913. The minimum Gasteiger partial charge on any atom is -0.479 e. The van der Waals surface area contributed by atoms with E-state index in [2.05, 4.69) is 5.32 Å². The van der Waals surface area contributed by atoms with E-state index in [1.54, 1.807) is 0 Å². The van der Waals surface area contributed by atoms with Gasteiger partial charge in [-0.1, -0.05) is 6.42 Å². The second-order valence-electron chi connectivity index (χ2n) is 5.63. The highest BCUT2D eigenvalue weighted by molar-refractivity contribution is 5.76. The molecule has 5 heteroatoms. The van der Waals surface area contributed by atoms with Gasteiger partial charge in [0.25, 0.3) is 0 Å². The predicted octanol–water partition coefficient (Wildman–Crippen LogP) is 0.764. The molecule has 0 radical (unpaired) electrons. The van der Waals surface area contributed by atoms with Gasteiger partial charge in [0.2, 0.25) is 5.91 Å². The third-order valence-corrected chi connectivity index (χ3v) is 4.36. The monoisotopic (exact) mass is 255 g/mol. The number of rotatable bonds is 6. The Bertz CT molecular complexity index is 331. The number of nitrogens with one attached hydrogen (secondary N) is 1. The van der Waals surface area contributed by atoms with Crippen LogP contribution in [0, 0.1) is 17.8 Å². The van der Waals surface area contributed by atoms with Crippen LogP contribution in [0.1, 0.15) is 38.5 Å². The molecule has 0 aromatic rings. The average Bonchev–Trinajstić information content (AvgIpc) is 2.90. The number of carbonyl (C=O) groups excluding carboxylic acids is 1. The molecule has 3 N–H and O–H groups in total. The SMILES string of the molecule is O=C(CC1CC2CCC1C2)NCCC(O)C(=O)O. The van der Waals surface area contributed by atoms with Gasteiger partial charge in [-0.05, 0) is 37.0 Å². The van der Waals surface area contributed by atoms with Crippen LogP contribution in [0.25, 0.3) is 0 Å². The highest BCUT2D eigenvalue weighted by atomic mass is 16.4. The average molecular weight is 255 g/mol. The lowest BCUT2D eigenvalue weighted by molar-refractivity contribution is -0.147. The molecule has 5 nitrogen and oxygen atoms in total. The Morgan fingerprint density at radius 3 is 2.61 bits per heavy atom. The van der Waals surface area contributed by atoms with Crippen molar-refractivity contribution in [1.29, 1.82) is 0 Å². The number of carboxylic acid groups (broad SMARTS) is 1. The summed E-state index contributed by atoms with van der Waals surface area (Å²) in [6, 6.07) is 0. The van der Waals surface area contributed by atoms with E-state index in [0.29, 0.717) is 12.3 Å².